The molecule has 1 aliphatic heterocycles. The number of hydrogen-bond donors (Lipinski definition) is 0. The molecule has 3 unspecified atom stereocenters. The summed E-state index contributed by atoms with van der Waals surface area (Å²) in [5, 5.41) is 0. The summed E-state index contributed by atoms with van der Waals surface area (Å²) < 4.78 is 45.4. The van der Waals surface area contributed by atoms with Gasteiger partial charge in [0.1, 0.15) is 11.4 Å². The fourth-order valence-electron chi connectivity index (χ4n) is 8.94. The maximum absolute atomic E-state index is 13.0. The topological polar surface area (TPSA) is 29.5 Å². The monoisotopic (exact) mass is 477 g/mol. The number of amides is 1. The number of likely N-dealkylation sites (tertiary alicyclic amines) is 1. The largest absolute Gasteiger partial charge is 0.488 e. The Bertz CT molecular complexity index is 961. The second-order valence-electron chi connectivity index (χ2n) is 12.7. The molecule has 4 fully saturated rings. The van der Waals surface area contributed by atoms with Gasteiger partial charge in [-0.05, 0) is 104 Å². The number of carbonyl (C=O) groups is 1. The van der Waals surface area contributed by atoms with Crippen LogP contribution in [0.2, 0.25) is 0 Å². The van der Waals surface area contributed by atoms with Gasteiger partial charge in [0.15, 0.2) is 0 Å². The van der Waals surface area contributed by atoms with Crippen molar-refractivity contribution >= 4 is 5.91 Å². The van der Waals surface area contributed by atoms with Gasteiger partial charge >= 0.3 is 6.18 Å². The molecule has 6 heteroatoms. The molecule has 34 heavy (non-hydrogen) atoms. The van der Waals surface area contributed by atoms with Crippen molar-refractivity contribution in [2.75, 3.05) is 7.05 Å². The highest BCUT2D eigenvalue weighted by atomic mass is 19.4. The zero-order chi connectivity index (χ0) is 24.7. The van der Waals surface area contributed by atoms with Gasteiger partial charge in [-0.15, -0.1) is 0 Å². The summed E-state index contributed by atoms with van der Waals surface area (Å²) in [5.74, 6) is 3.07. The molecule has 8 atom stereocenters. The fraction of sp³-hybridized carbons (Fsp3) is 0.750. The van der Waals surface area contributed by atoms with Gasteiger partial charge in [-0.25, -0.2) is 0 Å². The Morgan fingerprint density at radius 1 is 1.06 bits per heavy atom. The molecular weight excluding hydrogens is 439 g/mol. The Labute approximate surface area is 201 Å². The molecule has 5 rings (SSSR count). The van der Waals surface area contributed by atoms with Crippen molar-refractivity contribution in [2.24, 2.45) is 34.5 Å². The third-order valence-corrected chi connectivity index (χ3v) is 10.4. The number of hydrogen-bond acceptors (Lipinski definition) is 2. The van der Waals surface area contributed by atoms with Crippen LogP contribution in [0, 0.1) is 34.5 Å². The molecule has 0 bridgehead atoms. The average Bonchev–Trinajstić information content (AvgIpc) is 3.02. The minimum absolute atomic E-state index is 0.161. The van der Waals surface area contributed by atoms with E-state index in [9.17, 15) is 18.0 Å². The van der Waals surface area contributed by atoms with E-state index in [-0.39, 0.29) is 22.3 Å². The first-order valence-electron chi connectivity index (χ1n) is 12.9. The van der Waals surface area contributed by atoms with Crippen LogP contribution < -0.4 is 4.74 Å². The van der Waals surface area contributed by atoms with Crippen LogP contribution in [-0.2, 0) is 11.0 Å². The smallest absolute Gasteiger partial charge is 0.416 e. The summed E-state index contributed by atoms with van der Waals surface area (Å²) in [5.41, 5.74) is -0.690. The number of nitrogens with zero attached hydrogens (tertiary/aromatic N) is 1. The van der Waals surface area contributed by atoms with Crippen LogP contribution in [0.5, 0.6) is 5.75 Å². The number of piperidine rings is 1. The molecule has 1 aromatic carbocycles. The third-order valence-electron chi connectivity index (χ3n) is 10.4. The Kier molecular flexibility index (Phi) is 5.39. The van der Waals surface area contributed by atoms with E-state index in [1.54, 1.807) is 0 Å². The van der Waals surface area contributed by atoms with E-state index in [4.69, 9.17) is 4.74 Å². The molecule has 0 aromatic heterocycles. The standard InChI is InChI=1S/C28H38F3NO2/c1-17-14-22-27(4,13-11-23(33)32(22)5)20-10-12-25(2)16-26(3,15-21(25)24(17)20)34-19-8-6-18(7-9-19)28(29,30)31/h6-9,17,20-22,24H,10-16H2,1-5H3/t17?,20-,21+,22?,24-,25-,26?,27-/m1/s1. The molecule has 0 N–H and O–H groups in total. The van der Waals surface area contributed by atoms with Gasteiger partial charge in [0.05, 0.1) is 5.56 Å². The molecule has 0 radical (unpaired) electrons. The number of fused-ring (bicyclic) bond motifs is 5. The summed E-state index contributed by atoms with van der Waals surface area (Å²) in [6.07, 6.45) is 2.56. The number of carbonyl (C=O) groups excluding carboxylic acids is 1. The fourth-order valence-corrected chi connectivity index (χ4v) is 8.94. The minimum Gasteiger partial charge on any atom is -0.488 e. The maximum Gasteiger partial charge on any atom is 0.416 e. The summed E-state index contributed by atoms with van der Waals surface area (Å²) >= 11 is 0. The highest BCUT2D eigenvalue weighted by molar-refractivity contribution is 5.77. The van der Waals surface area contributed by atoms with E-state index < -0.39 is 11.7 Å². The van der Waals surface area contributed by atoms with Crippen molar-refractivity contribution in [3.63, 3.8) is 0 Å². The average molecular weight is 478 g/mol. The molecular formula is C28H38F3NO2. The lowest BCUT2D eigenvalue weighted by molar-refractivity contribution is -0.164. The predicted molar refractivity (Wildman–Crippen MR) is 125 cm³/mol. The van der Waals surface area contributed by atoms with Gasteiger partial charge in [-0.3, -0.25) is 4.79 Å². The van der Waals surface area contributed by atoms with Crippen LogP contribution in [-0.4, -0.2) is 29.5 Å². The normalized spacial score (nSPS) is 44.3. The predicted octanol–water partition coefficient (Wildman–Crippen LogP) is 6.95. The minimum atomic E-state index is -4.34. The molecule has 3 aliphatic carbocycles. The lowest BCUT2D eigenvalue weighted by Gasteiger charge is -2.63. The van der Waals surface area contributed by atoms with Gasteiger partial charge in [0.2, 0.25) is 5.91 Å². The van der Waals surface area contributed by atoms with E-state index in [2.05, 4.69) is 27.7 Å². The van der Waals surface area contributed by atoms with Crippen molar-refractivity contribution in [3.8, 4) is 5.75 Å². The van der Waals surface area contributed by atoms with Crippen molar-refractivity contribution in [1.29, 1.82) is 0 Å². The van der Waals surface area contributed by atoms with Gasteiger partial charge in [-0.2, -0.15) is 13.2 Å². The Morgan fingerprint density at radius 3 is 2.38 bits per heavy atom. The summed E-state index contributed by atoms with van der Waals surface area (Å²) in [6, 6.07) is 5.48. The number of alkyl halides is 3. The quantitative estimate of drug-likeness (QED) is 0.461. The molecule has 0 spiro atoms. The van der Waals surface area contributed by atoms with E-state index in [1.165, 1.54) is 18.6 Å². The Morgan fingerprint density at radius 2 is 1.74 bits per heavy atom. The molecule has 1 aromatic rings. The lowest BCUT2D eigenvalue weighted by Crippen LogP contribution is -2.62. The van der Waals surface area contributed by atoms with E-state index in [0.29, 0.717) is 41.9 Å². The number of halogens is 3. The van der Waals surface area contributed by atoms with Crippen molar-refractivity contribution in [3.05, 3.63) is 29.8 Å². The highest BCUT2D eigenvalue weighted by Gasteiger charge is 2.64. The number of ether oxygens (including phenoxy) is 1. The second-order valence-corrected chi connectivity index (χ2v) is 12.7. The zero-order valence-corrected chi connectivity index (χ0v) is 21.0. The summed E-state index contributed by atoms with van der Waals surface area (Å²) in [4.78, 5) is 14.5. The summed E-state index contributed by atoms with van der Waals surface area (Å²) in [6.45, 7) is 9.36. The van der Waals surface area contributed by atoms with Crippen molar-refractivity contribution in [1.82, 2.24) is 4.90 Å². The van der Waals surface area contributed by atoms with E-state index in [1.807, 2.05) is 11.9 Å². The van der Waals surface area contributed by atoms with Crippen LogP contribution in [0.15, 0.2) is 24.3 Å². The SMILES string of the molecule is CC1CC2N(C)C(=O)CC[C@]2(C)[C@@H]2CC[C@]3(C)CC(C)(Oc4ccc(C(F)(F)F)cc4)C[C@H]3[C@H]12. The highest BCUT2D eigenvalue weighted by Crippen LogP contribution is 2.67. The Balaban J connectivity index is 1.39. The van der Waals surface area contributed by atoms with Gasteiger partial charge in [0.25, 0.3) is 0 Å². The van der Waals surface area contributed by atoms with Gasteiger partial charge in [0, 0.05) is 19.5 Å². The molecule has 188 valence electrons. The van der Waals surface area contributed by atoms with Crippen molar-refractivity contribution < 1.29 is 22.7 Å². The first-order valence-corrected chi connectivity index (χ1v) is 12.9. The van der Waals surface area contributed by atoms with E-state index in [0.717, 1.165) is 44.2 Å². The molecule has 3 nitrogen and oxygen atoms in total. The number of benzene rings is 1. The zero-order valence-electron chi connectivity index (χ0n) is 21.0. The van der Waals surface area contributed by atoms with Crippen LogP contribution in [0.4, 0.5) is 13.2 Å². The van der Waals surface area contributed by atoms with E-state index >= 15 is 0 Å². The number of rotatable bonds is 2. The van der Waals surface area contributed by atoms with Crippen LogP contribution in [0.3, 0.4) is 0 Å². The van der Waals surface area contributed by atoms with Crippen molar-refractivity contribution in [2.45, 2.75) is 90.5 Å². The van der Waals surface area contributed by atoms with Crippen LogP contribution in [0.1, 0.15) is 78.2 Å². The van der Waals surface area contributed by atoms with Crippen LogP contribution in [0.25, 0.3) is 0 Å². The summed E-state index contributed by atoms with van der Waals surface area (Å²) in [7, 11) is 1.99. The van der Waals surface area contributed by atoms with Gasteiger partial charge in [-0.1, -0.05) is 20.8 Å². The van der Waals surface area contributed by atoms with Gasteiger partial charge < -0.3 is 9.64 Å². The molecule has 4 aliphatic rings. The first kappa shape index (κ1) is 24.0. The third kappa shape index (κ3) is 3.65. The molecule has 1 heterocycles. The molecule has 1 saturated heterocycles. The molecule has 1 amide bonds. The Hall–Kier alpha value is -1.72. The second kappa shape index (κ2) is 7.64. The first-order chi connectivity index (χ1) is 15.8. The lowest BCUT2D eigenvalue weighted by atomic mass is 9.45. The van der Waals surface area contributed by atoms with Crippen LogP contribution >= 0.6 is 0 Å². The maximum atomic E-state index is 13.0. The molecule has 3 saturated carbocycles.